The van der Waals surface area contributed by atoms with Gasteiger partial charge in [0.1, 0.15) is 4.99 Å². The zero-order valence-electron chi connectivity index (χ0n) is 9.09. The lowest BCUT2D eigenvalue weighted by Crippen LogP contribution is -2.28. The first-order valence-electron chi connectivity index (χ1n) is 5.04. The molecule has 17 heavy (non-hydrogen) atoms. The molecule has 1 aromatic carbocycles. The van der Waals surface area contributed by atoms with Gasteiger partial charge in [-0.3, -0.25) is 10.1 Å². The summed E-state index contributed by atoms with van der Waals surface area (Å²) in [5, 5.41) is 11.1. The van der Waals surface area contributed by atoms with Gasteiger partial charge in [-0.25, -0.2) is 0 Å². The predicted molar refractivity (Wildman–Crippen MR) is 64.3 cm³/mol. The molecule has 0 heterocycles. The van der Waals surface area contributed by atoms with E-state index in [1.807, 2.05) is 30.3 Å². The standard InChI is InChI=1S/C11H13NO4S/c13-11(14)8-10(17(15)16)12-7-6-9-4-2-1-3-5-9/h1-5,12H,6-8H2,(H,13,14). The Morgan fingerprint density at radius 3 is 2.41 bits per heavy atom. The molecule has 0 fully saturated rings. The average Bonchev–Trinajstić information content (AvgIpc) is 2.28. The van der Waals surface area contributed by atoms with Crippen molar-refractivity contribution in [3.63, 3.8) is 0 Å². The molecule has 0 unspecified atom stereocenters. The number of carbonyl (C=O) groups is 1. The smallest absolute Gasteiger partial charge is 0.309 e. The summed E-state index contributed by atoms with van der Waals surface area (Å²) in [5.74, 6) is -1.17. The quantitative estimate of drug-likeness (QED) is 0.739. The second kappa shape index (κ2) is 6.82. The van der Waals surface area contributed by atoms with E-state index in [0.717, 1.165) is 5.56 Å². The van der Waals surface area contributed by atoms with Gasteiger partial charge in [-0.2, -0.15) is 8.42 Å². The Morgan fingerprint density at radius 1 is 1.24 bits per heavy atom. The molecule has 0 bridgehead atoms. The summed E-state index contributed by atoms with van der Waals surface area (Å²) in [6, 6.07) is 9.52. The lowest BCUT2D eigenvalue weighted by molar-refractivity contribution is -0.135. The minimum absolute atomic E-state index is 0.187. The Hall–Kier alpha value is -1.66. The molecule has 0 aliphatic rings. The molecule has 0 amide bonds. The van der Waals surface area contributed by atoms with Crippen LogP contribution in [0.2, 0.25) is 0 Å². The molecule has 0 aromatic heterocycles. The van der Waals surface area contributed by atoms with E-state index in [1.54, 1.807) is 0 Å². The van der Waals surface area contributed by atoms with Gasteiger partial charge in [0.25, 0.3) is 0 Å². The van der Waals surface area contributed by atoms with Gasteiger partial charge in [-0.05, 0) is 12.0 Å². The van der Waals surface area contributed by atoms with Crippen LogP contribution >= 0.6 is 0 Å². The highest BCUT2D eigenvalue weighted by molar-refractivity contribution is 7.72. The first-order valence-corrected chi connectivity index (χ1v) is 6.12. The van der Waals surface area contributed by atoms with Crippen LogP contribution in [0.25, 0.3) is 0 Å². The van der Waals surface area contributed by atoms with Crippen molar-refractivity contribution in [2.75, 3.05) is 6.54 Å². The van der Waals surface area contributed by atoms with Gasteiger partial charge in [0.2, 0.25) is 10.3 Å². The van der Waals surface area contributed by atoms with Crippen LogP contribution in [-0.4, -0.2) is 31.0 Å². The highest BCUT2D eigenvalue weighted by atomic mass is 32.2. The first kappa shape index (κ1) is 13.4. The Balaban J connectivity index is 2.50. The van der Waals surface area contributed by atoms with E-state index in [1.165, 1.54) is 0 Å². The van der Waals surface area contributed by atoms with Crippen molar-refractivity contribution < 1.29 is 18.3 Å². The van der Waals surface area contributed by atoms with Crippen LogP contribution in [0.3, 0.4) is 0 Å². The minimum atomic E-state index is -2.51. The summed E-state index contributed by atoms with van der Waals surface area (Å²) >= 11 is 0. The Labute approximate surface area is 101 Å². The van der Waals surface area contributed by atoms with Gasteiger partial charge < -0.3 is 5.11 Å². The lowest BCUT2D eigenvalue weighted by atomic mass is 10.1. The van der Waals surface area contributed by atoms with Crippen LogP contribution in [0.15, 0.2) is 30.3 Å². The van der Waals surface area contributed by atoms with Crippen molar-refractivity contribution in [3.05, 3.63) is 35.9 Å². The summed E-state index contributed by atoms with van der Waals surface area (Å²) in [4.78, 5) is 10.2. The first-order chi connectivity index (χ1) is 8.09. The van der Waals surface area contributed by atoms with Gasteiger partial charge in [-0.1, -0.05) is 30.3 Å². The van der Waals surface area contributed by atoms with Gasteiger partial charge in [0.05, 0.1) is 6.42 Å². The van der Waals surface area contributed by atoms with Gasteiger partial charge in [0, 0.05) is 6.54 Å². The summed E-state index contributed by atoms with van der Waals surface area (Å²) in [7, 11) is -2.51. The fourth-order valence-electron chi connectivity index (χ4n) is 1.31. The zero-order chi connectivity index (χ0) is 12.7. The number of carboxylic acids is 1. The van der Waals surface area contributed by atoms with Crippen molar-refractivity contribution in [2.24, 2.45) is 0 Å². The Bertz CT molecular complexity index is 500. The number of rotatable bonds is 5. The van der Waals surface area contributed by atoms with Gasteiger partial charge >= 0.3 is 5.97 Å². The largest absolute Gasteiger partial charge is 0.481 e. The summed E-state index contributed by atoms with van der Waals surface area (Å²) in [6.45, 7) is 0.389. The van der Waals surface area contributed by atoms with E-state index < -0.39 is 22.7 Å². The van der Waals surface area contributed by atoms with E-state index in [2.05, 4.69) is 5.32 Å². The number of hydrogen-bond donors (Lipinski definition) is 2. The van der Waals surface area contributed by atoms with Crippen LogP contribution in [-0.2, 0) is 21.5 Å². The molecule has 0 saturated heterocycles. The topological polar surface area (TPSA) is 83.5 Å². The molecule has 0 atom stereocenters. The zero-order valence-corrected chi connectivity index (χ0v) is 9.90. The molecular formula is C11H13NO4S. The molecule has 6 heteroatoms. The predicted octanol–water partition coefficient (Wildman–Crippen LogP) is 0.302. The molecule has 0 aliphatic heterocycles. The van der Waals surface area contributed by atoms with Crippen LogP contribution in [0.4, 0.5) is 0 Å². The van der Waals surface area contributed by atoms with E-state index in [9.17, 15) is 13.2 Å². The average molecular weight is 255 g/mol. The fourth-order valence-corrected chi connectivity index (χ4v) is 1.77. The molecule has 0 spiro atoms. The van der Waals surface area contributed by atoms with Crippen LogP contribution in [0, 0.1) is 0 Å². The van der Waals surface area contributed by atoms with E-state index in [4.69, 9.17) is 5.11 Å². The number of carboxylic acid groups (broad SMARTS) is 1. The van der Waals surface area contributed by atoms with Crippen LogP contribution in [0.5, 0.6) is 0 Å². The van der Waals surface area contributed by atoms with Crippen molar-refractivity contribution in [1.82, 2.24) is 5.32 Å². The van der Waals surface area contributed by atoms with Gasteiger partial charge in [-0.15, -0.1) is 0 Å². The number of aliphatic carboxylic acids is 1. The molecule has 1 rings (SSSR count). The maximum Gasteiger partial charge on any atom is 0.309 e. The number of benzene rings is 1. The van der Waals surface area contributed by atoms with E-state index >= 15 is 0 Å². The van der Waals surface area contributed by atoms with Crippen molar-refractivity contribution in [3.8, 4) is 0 Å². The monoisotopic (exact) mass is 255 g/mol. The summed E-state index contributed by atoms with van der Waals surface area (Å²) in [5.41, 5.74) is 1.06. The highest BCUT2D eigenvalue weighted by Crippen LogP contribution is 1.98. The third-order valence-electron chi connectivity index (χ3n) is 2.09. The van der Waals surface area contributed by atoms with E-state index in [-0.39, 0.29) is 4.99 Å². The van der Waals surface area contributed by atoms with Crippen molar-refractivity contribution >= 4 is 21.3 Å². The highest BCUT2D eigenvalue weighted by Gasteiger charge is 2.06. The maximum atomic E-state index is 10.7. The van der Waals surface area contributed by atoms with Crippen molar-refractivity contribution in [2.45, 2.75) is 12.8 Å². The van der Waals surface area contributed by atoms with Crippen molar-refractivity contribution in [1.29, 1.82) is 0 Å². The molecule has 92 valence electrons. The molecule has 0 aliphatic carbocycles. The maximum absolute atomic E-state index is 10.7. The molecular weight excluding hydrogens is 242 g/mol. The van der Waals surface area contributed by atoms with Crippen LogP contribution < -0.4 is 5.32 Å². The molecule has 5 nitrogen and oxygen atoms in total. The SMILES string of the molecule is O=C(O)CC(NCCc1ccccc1)=S(=O)=O. The Kier molecular flexibility index (Phi) is 5.38. The molecule has 0 radical (unpaired) electrons. The molecule has 1 aromatic rings. The molecule has 0 saturated carbocycles. The number of hydrogen-bond acceptors (Lipinski definition) is 3. The normalized spacial score (nSPS) is 9.88. The summed E-state index contributed by atoms with van der Waals surface area (Å²) in [6.07, 6.45) is 0.131. The second-order valence-electron chi connectivity index (χ2n) is 3.39. The Morgan fingerprint density at radius 2 is 1.88 bits per heavy atom. The third-order valence-corrected chi connectivity index (χ3v) is 2.78. The summed E-state index contributed by atoms with van der Waals surface area (Å²) < 4.78 is 21.4. The van der Waals surface area contributed by atoms with Gasteiger partial charge in [0.15, 0.2) is 0 Å². The number of nitrogens with one attached hydrogen (secondary N) is 1. The third kappa shape index (κ3) is 5.28. The lowest BCUT2D eigenvalue weighted by Gasteiger charge is -2.03. The van der Waals surface area contributed by atoms with Crippen LogP contribution in [0.1, 0.15) is 12.0 Å². The second-order valence-corrected chi connectivity index (χ2v) is 4.35. The minimum Gasteiger partial charge on any atom is -0.481 e. The fraction of sp³-hybridized carbons (Fsp3) is 0.273. The molecule has 2 N–H and O–H groups in total. The van der Waals surface area contributed by atoms with E-state index in [0.29, 0.717) is 13.0 Å².